The molecule has 1 fully saturated rings. The Labute approximate surface area is 119 Å². The quantitative estimate of drug-likeness (QED) is 0.846. The molecule has 0 aliphatic heterocycles. The lowest BCUT2D eigenvalue weighted by molar-refractivity contribution is 0.685. The molecule has 1 aromatic heterocycles. The Morgan fingerprint density at radius 1 is 1.29 bits per heavy atom. The summed E-state index contributed by atoms with van der Waals surface area (Å²) in [6, 6.07) is 9.26. The van der Waals surface area contributed by atoms with E-state index in [4.69, 9.17) is 0 Å². The van der Waals surface area contributed by atoms with E-state index in [0.29, 0.717) is 0 Å². The summed E-state index contributed by atoms with van der Waals surface area (Å²) >= 11 is 4.06. The summed E-state index contributed by atoms with van der Waals surface area (Å²) in [5, 5.41) is 6.82. The van der Waals surface area contributed by atoms with Gasteiger partial charge in [-0.3, -0.25) is 0 Å². The number of nitrogens with zero attached hydrogens (tertiary/aromatic N) is 1. The molecule has 1 heterocycles. The molecule has 1 aromatic carbocycles. The van der Waals surface area contributed by atoms with Crippen LogP contribution in [0.2, 0.25) is 0 Å². The van der Waals surface area contributed by atoms with E-state index in [2.05, 4.69) is 62.5 Å². The summed E-state index contributed by atoms with van der Waals surface area (Å²) in [4.78, 5) is 4.66. The molecule has 0 bridgehead atoms. The largest absolute Gasteiger partial charge is 0.308 e. The van der Waals surface area contributed by atoms with Crippen LogP contribution in [-0.2, 0) is 6.54 Å². The molecular weight excluding hydrogens is 343 g/mol. The maximum absolute atomic E-state index is 4.66. The van der Waals surface area contributed by atoms with Crippen LogP contribution in [0.15, 0.2) is 29.6 Å². The molecule has 0 radical (unpaired) electrons. The molecule has 0 spiro atoms. The number of nitrogens with one attached hydrogen (secondary N) is 1. The van der Waals surface area contributed by atoms with Gasteiger partial charge in [0, 0.05) is 27.1 Å². The minimum absolute atomic E-state index is 0.751. The molecule has 2 aromatic rings. The summed E-state index contributed by atoms with van der Waals surface area (Å²) < 4.78 is 1.26. The highest BCUT2D eigenvalue weighted by atomic mass is 127. The molecule has 0 unspecified atom stereocenters. The number of halogens is 1. The summed E-state index contributed by atoms with van der Waals surface area (Å²) in [6.45, 7) is 0.916. The molecule has 17 heavy (non-hydrogen) atoms. The van der Waals surface area contributed by atoms with Crippen molar-refractivity contribution in [3.8, 4) is 11.3 Å². The van der Waals surface area contributed by atoms with Crippen LogP contribution in [0.3, 0.4) is 0 Å². The SMILES string of the molecule is Ic1ccc(-c2csc(CNC3CC3)n2)cc1. The summed E-state index contributed by atoms with van der Waals surface area (Å²) in [7, 11) is 0. The van der Waals surface area contributed by atoms with Crippen molar-refractivity contribution in [3.63, 3.8) is 0 Å². The molecule has 4 heteroatoms. The van der Waals surface area contributed by atoms with Gasteiger partial charge in [0.2, 0.25) is 0 Å². The number of benzene rings is 1. The van der Waals surface area contributed by atoms with Gasteiger partial charge in [-0.2, -0.15) is 0 Å². The third-order valence-corrected chi connectivity index (χ3v) is 4.38. The number of hydrogen-bond acceptors (Lipinski definition) is 3. The highest BCUT2D eigenvalue weighted by Crippen LogP contribution is 2.24. The van der Waals surface area contributed by atoms with Crippen LogP contribution in [0.25, 0.3) is 11.3 Å². The first-order valence-corrected chi connectivity index (χ1v) is 7.71. The molecule has 1 N–H and O–H groups in total. The summed E-state index contributed by atoms with van der Waals surface area (Å²) in [5.74, 6) is 0. The summed E-state index contributed by atoms with van der Waals surface area (Å²) in [6.07, 6.45) is 2.66. The van der Waals surface area contributed by atoms with Crippen molar-refractivity contribution in [1.29, 1.82) is 0 Å². The fourth-order valence-corrected chi connectivity index (χ4v) is 2.78. The topological polar surface area (TPSA) is 24.9 Å². The average Bonchev–Trinajstić information content (AvgIpc) is 3.06. The Morgan fingerprint density at radius 3 is 2.76 bits per heavy atom. The lowest BCUT2D eigenvalue weighted by Gasteiger charge is -1.98. The Bertz CT molecular complexity index is 502. The first-order chi connectivity index (χ1) is 8.31. The fraction of sp³-hybridized carbons (Fsp3) is 0.308. The molecule has 1 saturated carbocycles. The van der Waals surface area contributed by atoms with Gasteiger partial charge in [-0.15, -0.1) is 11.3 Å². The third kappa shape index (κ3) is 3.05. The van der Waals surface area contributed by atoms with Crippen molar-refractivity contribution in [3.05, 3.63) is 38.2 Å². The van der Waals surface area contributed by atoms with E-state index < -0.39 is 0 Å². The minimum Gasteiger partial charge on any atom is -0.308 e. The van der Waals surface area contributed by atoms with Gasteiger partial charge in [-0.05, 0) is 47.6 Å². The van der Waals surface area contributed by atoms with Gasteiger partial charge >= 0.3 is 0 Å². The molecule has 1 aliphatic carbocycles. The Morgan fingerprint density at radius 2 is 2.06 bits per heavy atom. The van der Waals surface area contributed by atoms with Gasteiger partial charge in [-0.25, -0.2) is 4.98 Å². The van der Waals surface area contributed by atoms with E-state index in [-0.39, 0.29) is 0 Å². The maximum Gasteiger partial charge on any atom is 0.107 e. The second-order valence-electron chi connectivity index (χ2n) is 4.29. The Hall–Kier alpha value is -0.460. The molecule has 88 valence electrons. The van der Waals surface area contributed by atoms with E-state index in [9.17, 15) is 0 Å². The van der Waals surface area contributed by atoms with Crippen LogP contribution in [-0.4, -0.2) is 11.0 Å². The van der Waals surface area contributed by atoms with Crippen molar-refractivity contribution in [1.82, 2.24) is 10.3 Å². The van der Waals surface area contributed by atoms with Crippen LogP contribution < -0.4 is 5.32 Å². The van der Waals surface area contributed by atoms with E-state index in [1.165, 1.54) is 27.0 Å². The van der Waals surface area contributed by atoms with Gasteiger partial charge < -0.3 is 5.32 Å². The van der Waals surface area contributed by atoms with Gasteiger partial charge in [-0.1, -0.05) is 12.1 Å². The molecule has 0 saturated heterocycles. The van der Waals surface area contributed by atoms with Crippen LogP contribution >= 0.6 is 33.9 Å². The second kappa shape index (κ2) is 5.04. The monoisotopic (exact) mass is 356 g/mol. The highest BCUT2D eigenvalue weighted by Gasteiger charge is 2.20. The Balaban J connectivity index is 1.72. The van der Waals surface area contributed by atoms with E-state index >= 15 is 0 Å². The fourth-order valence-electron chi connectivity index (χ4n) is 1.66. The first-order valence-electron chi connectivity index (χ1n) is 5.75. The van der Waals surface area contributed by atoms with Crippen LogP contribution in [0.1, 0.15) is 17.8 Å². The molecule has 3 rings (SSSR count). The molecule has 1 aliphatic rings. The van der Waals surface area contributed by atoms with Crippen LogP contribution in [0, 0.1) is 3.57 Å². The zero-order valence-corrected chi connectivity index (χ0v) is 12.3. The van der Waals surface area contributed by atoms with Gasteiger partial charge in [0.15, 0.2) is 0 Å². The van der Waals surface area contributed by atoms with Gasteiger partial charge in [0.05, 0.1) is 5.69 Å². The standard InChI is InChI=1S/C13H13IN2S/c14-10-3-1-9(2-4-10)12-8-17-13(16-12)7-15-11-5-6-11/h1-4,8,11,15H,5-7H2. The molecule has 0 atom stereocenters. The highest BCUT2D eigenvalue weighted by molar-refractivity contribution is 14.1. The molecular formula is C13H13IN2S. The van der Waals surface area contributed by atoms with Crippen molar-refractivity contribution in [2.75, 3.05) is 0 Å². The maximum atomic E-state index is 4.66. The van der Waals surface area contributed by atoms with Crippen molar-refractivity contribution in [2.45, 2.75) is 25.4 Å². The zero-order chi connectivity index (χ0) is 11.7. The normalized spacial score (nSPS) is 15.1. The zero-order valence-electron chi connectivity index (χ0n) is 9.32. The predicted molar refractivity (Wildman–Crippen MR) is 80.1 cm³/mol. The average molecular weight is 356 g/mol. The number of rotatable bonds is 4. The lowest BCUT2D eigenvalue weighted by Crippen LogP contribution is -2.14. The van der Waals surface area contributed by atoms with E-state index in [1.807, 2.05) is 0 Å². The van der Waals surface area contributed by atoms with Crippen molar-refractivity contribution < 1.29 is 0 Å². The minimum atomic E-state index is 0.751. The van der Waals surface area contributed by atoms with Crippen molar-refractivity contribution in [2.24, 2.45) is 0 Å². The van der Waals surface area contributed by atoms with Crippen LogP contribution in [0.4, 0.5) is 0 Å². The van der Waals surface area contributed by atoms with E-state index in [1.54, 1.807) is 11.3 Å². The smallest absolute Gasteiger partial charge is 0.107 e. The third-order valence-electron chi connectivity index (χ3n) is 2.81. The first kappa shape index (κ1) is 11.6. The molecule has 2 nitrogen and oxygen atoms in total. The lowest BCUT2D eigenvalue weighted by atomic mass is 10.2. The van der Waals surface area contributed by atoms with Gasteiger partial charge in [0.1, 0.15) is 5.01 Å². The number of thiazole rings is 1. The van der Waals surface area contributed by atoms with Crippen LogP contribution in [0.5, 0.6) is 0 Å². The summed E-state index contributed by atoms with van der Waals surface area (Å²) in [5.41, 5.74) is 2.30. The molecule has 0 amide bonds. The second-order valence-corrected chi connectivity index (χ2v) is 6.48. The number of hydrogen-bond donors (Lipinski definition) is 1. The Kier molecular flexibility index (Phi) is 3.44. The van der Waals surface area contributed by atoms with Gasteiger partial charge in [0.25, 0.3) is 0 Å². The van der Waals surface area contributed by atoms with Crippen molar-refractivity contribution >= 4 is 33.9 Å². The number of aromatic nitrogens is 1. The van der Waals surface area contributed by atoms with E-state index in [0.717, 1.165) is 18.3 Å². The predicted octanol–water partition coefficient (Wildman–Crippen LogP) is 3.67.